The maximum atomic E-state index is 13.4. The summed E-state index contributed by atoms with van der Waals surface area (Å²) in [5.41, 5.74) is 6.12. The summed E-state index contributed by atoms with van der Waals surface area (Å²) in [5, 5.41) is 12.0. The van der Waals surface area contributed by atoms with Crippen LogP contribution in [0.4, 0.5) is 0 Å². The molecule has 0 radical (unpaired) electrons. The Kier molecular flexibility index (Phi) is 14.6. The summed E-state index contributed by atoms with van der Waals surface area (Å²) in [6.45, 7) is 12.7. The van der Waals surface area contributed by atoms with E-state index in [0.29, 0.717) is 19.3 Å². The molecule has 1 heterocycles. The lowest BCUT2D eigenvalue weighted by Gasteiger charge is -2.36. The third kappa shape index (κ3) is 9.53. The molecule has 6 atom stereocenters. The number of carboxylic acids is 1. The van der Waals surface area contributed by atoms with E-state index in [2.05, 4.69) is 11.9 Å². The zero-order chi connectivity index (χ0) is 32.3. The van der Waals surface area contributed by atoms with Crippen molar-refractivity contribution < 1.29 is 38.6 Å². The molecule has 0 aromatic heterocycles. The van der Waals surface area contributed by atoms with E-state index in [4.69, 9.17) is 10.5 Å². The van der Waals surface area contributed by atoms with Gasteiger partial charge in [-0.25, -0.2) is 4.79 Å². The van der Waals surface area contributed by atoms with E-state index in [1.54, 1.807) is 13.8 Å². The Balaban J connectivity index is 2.75. The van der Waals surface area contributed by atoms with Crippen molar-refractivity contribution in [3.8, 4) is 0 Å². The summed E-state index contributed by atoms with van der Waals surface area (Å²) < 4.78 is 5.31. The Labute approximate surface area is 248 Å². The van der Waals surface area contributed by atoms with Gasteiger partial charge in [-0.2, -0.15) is 0 Å². The van der Waals surface area contributed by atoms with Gasteiger partial charge in [0.25, 0.3) is 5.91 Å². The number of aliphatic carboxylic acids is 1. The van der Waals surface area contributed by atoms with Crippen LogP contribution in [0.2, 0.25) is 0 Å². The molecule has 1 fully saturated rings. The van der Waals surface area contributed by atoms with Crippen molar-refractivity contribution in [1.82, 2.24) is 20.0 Å². The fraction of sp³-hybridized carbons (Fsp3) is 0.724. The second-order valence-corrected chi connectivity index (χ2v) is 11.2. The Morgan fingerprint density at radius 1 is 1.10 bits per heavy atom. The first-order valence-corrected chi connectivity index (χ1v) is 14.5. The molecule has 42 heavy (non-hydrogen) atoms. The fourth-order valence-electron chi connectivity index (χ4n) is 4.82. The van der Waals surface area contributed by atoms with E-state index < -0.39 is 59.9 Å². The summed E-state index contributed by atoms with van der Waals surface area (Å²) in [4.78, 5) is 79.8. The third-order valence-electron chi connectivity index (χ3n) is 7.88. The number of carbonyl (C=O) groups is 6. The number of carbonyl (C=O) groups excluding carboxylic acids is 5. The first-order valence-electron chi connectivity index (χ1n) is 14.5. The number of esters is 1. The molecule has 1 aliphatic heterocycles. The van der Waals surface area contributed by atoms with E-state index in [0.717, 1.165) is 0 Å². The fourth-order valence-corrected chi connectivity index (χ4v) is 4.82. The Morgan fingerprint density at radius 2 is 1.71 bits per heavy atom. The van der Waals surface area contributed by atoms with Crippen LogP contribution in [-0.2, 0) is 33.5 Å². The minimum Gasteiger partial charge on any atom is -0.480 e. The number of ether oxygens (including phenoxy) is 1. The van der Waals surface area contributed by atoms with Crippen molar-refractivity contribution in [3.63, 3.8) is 0 Å². The van der Waals surface area contributed by atoms with Crippen LogP contribution in [0, 0.1) is 11.8 Å². The van der Waals surface area contributed by atoms with Gasteiger partial charge in [-0.15, -0.1) is 6.58 Å². The number of rotatable bonds is 16. The van der Waals surface area contributed by atoms with Gasteiger partial charge in [-0.1, -0.05) is 40.2 Å². The Bertz CT molecular complexity index is 1000. The van der Waals surface area contributed by atoms with Gasteiger partial charge in [-0.05, 0) is 31.6 Å². The second kappa shape index (κ2) is 16.8. The molecule has 4 N–H and O–H groups in total. The number of amides is 4. The summed E-state index contributed by atoms with van der Waals surface area (Å²) in [6, 6.07) is -3.47. The molecule has 1 rings (SSSR count). The molecule has 0 aromatic carbocycles. The van der Waals surface area contributed by atoms with Gasteiger partial charge < -0.3 is 35.6 Å². The Morgan fingerprint density at radius 3 is 2.24 bits per heavy atom. The van der Waals surface area contributed by atoms with Crippen LogP contribution in [0.1, 0.15) is 66.7 Å². The lowest BCUT2D eigenvalue weighted by atomic mass is 9.95. The van der Waals surface area contributed by atoms with Crippen LogP contribution in [0.3, 0.4) is 0 Å². The molecule has 0 aromatic rings. The molecule has 0 spiro atoms. The van der Waals surface area contributed by atoms with Crippen LogP contribution < -0.4 is 11.1 Å². The smallest absolute Gasteiger partial charge is 0.326 e. The molecule has 238 valence electrons. The van der Waals surface area contributed by atoms with Crippen LogP contribution in [-0.4, -0.2) is 113 Å². The average Bonchev–Trinajstić information content (AvgIpc) is 3.44. The number of carboxylic acid groups (broad SMARTS) is 1. The van der Waals surface area contributed by atoms with E-state index in [9.17, 15) is 33.9 Å². The first-order chi connectivity index (χ1) is 19.6. The normalized spacial score (nSPS) is 18.3. The van der Waals surface area contributed by atoms with Crippen molar-refractivity contribution >= 4 is 35.6 Å². The zero-order valence-electron chi connectivity index (χ0n) is 26.0. The molecule has 13 heteroatoms. The van der Waals surface area contributed by atoms with Crippen LogP contribution in [0.25, 0.3) is 0 Å². The van der Waals surface area contributed by atoms with E-state index in [-0.39, 0.29) is 43.7 Å². The quantitative estimate of drug-likeness (QED) is 0.171. The van der Waals surface area contributed by atoms with Gasteiger partial charge in [-0.3, -0.25) is 24.0 Å². The molecule has 13 nitrogen and oxygen atoms in total. The van der Waals surface area contributed by atoms with Gasteiger partial charge in [0, 0.05) is 33.6 Å². The lowest BCUT2D eigenvalue weighted by Crippen LogP contribution is -2.58. The highest BCUT2D eigenvalue weighted by Gasteiger charge is 2.39. The van der Waals surface area contributed by atoms with Crippen molar-refractivity contribution in [2.45, 2.75) is 97.0 Å². The summed E-state index contributed by atoms with van der Waals surface area (Å²) in [7, 11) is 3.00. The summed E-state index contributed by atoms with van der Waals surface area (Å²) in [5.74, 6) is -4.08. The number of hydrogen-bond donors (Lipinski definition) is 3. The summed E-state index contributed by atoms with van der Waals surface area (Å²) >= 11 is 0. The van der Waals surface area contributed by atoms with Gasteiger partial charge in [0.05, 0.1) is 12.5 Å². The molecule has 1 aliphatic rings. The van der Waals surface area contributed by atoms with Crippen LogP contribution in [0.15, 0.2) is 12.7 Å². The molecule has 0 saturated carbocycles. The molecular formula is C29H49N5O8. The van der Waals surface area contributed by atoms with Gasteiger partial charge >= 0.3 is 11.9 Å². The highest BCUT2D eigenvalue weighted by Crippen LogP contribution is 2.21. The van der Waals surface area contributed by atoms with Gasteiger partial charge in [0.1, 0.15) is 18.1 Å². The molecule has 4 amide bonds. The predicted octanol–water partition coefficient (Wildman–Crippen LogP) is 0.760. The van der Waals surface area contributed by atoms with Crippen LogP contribution >= 0.6 is 0 Å². The highest BCUT2D eigenvalue weighted by atomic mass is 16.5. The van der Waals surface area contributed by atoms with E-state index in [1.165, 1.54) is 41.8 Å². The topological polar surface area (TPSA) is 180 Å². The van der Waals surface area contributed by atoms with Crippen molar-refractivity contribution in [1.29, 1.82) is 0 Å². The predicted molar refractivity (Wildman–Crippen MR) is 156 cm³/mol. The second-order valence-electron chi connectivity index (χ2n) is 11.2. The minimum atomic E-state index is -1.21. The molecule has 1 saturated heterocycles. The number of likely N-dealkylation sites (N-methyl/N-ethyl adjacent to an activating group) is 2. The molecular weight excluding hydrogens is 546 g/mol. The minimum absolute atomic E-state index is 0.0138. The number of hydrogen-bond acceptors (Lipinski definition) is 8. The van der Waals surface area contributed by atoms with Crippen molar-refractivity contribution in [2.75, 3.05) is 27.2 Å². The maximum Gasteiger partial charge on any atom is 0.326 e. The third-order valence-corrected chi connectivity index (χ3v) is 7.88. The highest BCUT2D eigenvalue weighted by molar-refractivity contribution is 5.93. The monoisotopic (exact) mass is 595 g/mol. The van der Waals surface area contributed by atoms with Crippen molar-refractivity contribution in [2.24, 2.45) is 17.6 Å². The molecule has 0 bridgehead atoms. The Hall–Kier alpha value is -3.48. The van der Waals surface area contributed by atoms with Gasteiger partial charge in [0.2, 0.25) is 17.7 Å². The standard InChI is InChI=1S/C29H49N5O8/c1-9-12-21(26(37)34-16-11-13-20(34)29(40)41)42-22(35)14-15-31-25(36)19(6)32(7)28(39)24(17(3)4)33(8)27(38)23(30)18(5)10-2/h9,17-21,23-24H,1,10-16,30H2,2-8H3,(H,31,36)(H,40,41)/t18-,19-,20-,21?,23-,24-/m0/s1. The van der Waals surface area contributed by atoms with Crippen molar-refractivity contribution in [3.05, 3.63) is 12.7 Å². The first kappa shape index (κ1) is 36.5. The van der Waals surface area contributed by atoms with Gasteiger partial charge in [0.15, 0.2) is 6.10 Å². The SMILES string of the molecule is C=CCC(OC(=O)CCNC(=O)[C@H](C)N(C)C(=O)[C@H](C(C)C)N(C)C(=O)[C@@H](N)[C@@H](C)CC)C(=O)N1CCC[C@H]1C(=O)O. The molecule has 1 unspecified atom stereocenters. The van der Waals surface area contributed by atoms with E-state index >= 15 is 0 Å². The van der Waals surface area contributed by atoms with Crippen LogP contribution in [0.5, 0.6) is 0 Å². The number of likely N-dealkylation sites (tertiary alicyclic amines) is 1. The zero-order valence-corrected chi connectivity index (χ0v) is 26.0. The largest absolute Gasteiger partial charge is 0.480 e. The number of nitrogens with two attached hydrogens (primary N) is 1. The summed E-state index contributed by atoms with van der Waals surface area (Å²) in [6.07, 6.45) is 1.53. The average molecular weight is 596 g/mol. The lowest BCUT2D eigenvalue weighted by molar-refractivity contribution is -0.162. The van der Waals surface area contributed by atoms with E-state index in [1.807, 2.05) is 13.8 Å². The molecule has 0 aliphatic carbocycles. The number of nitrogens with zero attached hydrogens (tertiary/aromatic N) is 3. The number of nitrogens with one attached hydrogen (secondary N) is 1. The maximum absolute atomic E-state index is 13.4.